The summed E-state index contributed by atoms with van der Waals surface area (Å²) in [6.45, 7) is 5.75. The molecule has 98 valence electrons. The van der Waals surface area contributed by atoms with Crippen LogP contribution in [0.4, 0.5) is 4.79 Å². The summed E-state index contributed by atoms with van der Waals surface area (Å²) < 4.78 is 4.64. The van der Waals surface area contributed by atoms with Crippen LogP contribution in [0.3, 0.4) is 0 Å². The number of nitrogens with zero attached hydrogens (tertiary/aromatic N) is 2. The highest BCUT2D eigenvalue weighted by Gasteiger charge is 2.33. The van der Waals surface area contributed by atoms with Crippen molar-refractivity contribution in [2.24, 2.45) is 5.41 Å². The first-order chi connectivity index (χ1) is 7.92. The van der Waals surface area contributed by atoms with E-state index in [2.05, 4.69) is 4.74 Å². The Bertz CT molecular complexity index is 299. The van der Waals surface area contributed by atoms with Crippen molar-refractivity contribution in [3.05, 3.63) is 0 Å². The highest BCUT2D eigenvalue weighted by molar-refractivity contribution is 6.19. The first-order valence-electron chi connectivity index (χ1n) is 5.60. The summed E-state index contributed by atoms with van der Waals surface area (Å²) in [5, 5.41) is 0. The van der Waals surface area contributed by atoms with Gasteiger partial charge in [-0.25, -0.2) is 4.79 Å². The fourth-order valence-electron chi connectivity index (χ4n) is 1.71. The minimum Gasteiger partial charge on any atom is -0.453 e. The SMILES string of the molecule is COC(=O)N1CCN(C(=O)C(C)(C)CCl)CC1. The molecule has 0 radical (unpaired) electrons. The number of hydrogen-bond donors (Lipinski definition) is 0. The van der Waals surface area contributed by atoms with Crippen LogP contribution in [-0.2, 0) is 9.53 Å². The lowest BCUT2D eigenvalue weighted by Gasteiger charge is -2.37. The summed E-state index contributed by atoms with van der Waals surface area (Å²) in [6, 6.07) is 0. The minimum absolute atomic E-state index is 0.0389. The Kier molecular flexibility index (Phi) is 4.62. The summed E-state index contributed by atoms with van der Waals surface area (Å²) >= 11 is 5.78. The van der Waals surface area contributed by atoms with Crippen LogP contribution in [0.2, 0.25) is 0 Å². The molecule has 2 amide bonds. The molecule has 0 atom stereocenters. The zero-order chi connectivity index (χ0) is 13.1. The Morgan fingerprint density at radius 1 is 1.18 bits per heavy atom. The van der Waals surface area contributed by atoms with E-state index in [0.717, 1.165) is 0 Å². The average Bonchev–Trinajstić information content (AvgIpc) is 2.37. The molecule has 0 aliphatic carbocycles. The largest absolute Gasteiger partial charge is 0.453 e. The summed E-state index contributed by atoms with van der Waals surface area (Å²) in [7, 11) is 1.36. The van der Waals surface area contributed by atoms with Crippen LogP contribution in [0.1, 0.15) is 13.8 Å². The van der Waals surface area contributed by atoms with Crippen LogP contribution >= 0.6 is 11.6 Å². The number of halogens is 1. The van der Waals surface area contributed by atoms with Gasteiger partial charge in [-0.1, -0.05) is 0 Å². The molecule has 6 heteroatoms. The fraction of sp³-hybridized carbons (Fsp3) is 0.818. The van der Waals surface area contributed by atoms with Crippen molar-refractivity contribution in [2.75, 3.05) is 39.2 Å². The lowest BCUT2D eigenvalue weighted by molar-refractivity contribution is -0.140. The lowest BCUT2D eigenvalue weighted by Crippen LogP contribution is -2.53. The molecule has 1 heterocycles. The predicted molar refractivity (Wildman–Crippen MR) is 65.1 cm³/mol. The van der Waals surface area contributed by atoms with Crippen LogP contribution in [0.15, 0.2) is 0 Å². The van der Waals surface area contributed by atoms with E-state index in [1.54, 1.807) is 9.80 Å². The van der Waals surface area contributed by atoms with Gasteiger partial charge in [-0.15, -0.1) is 11.6 Å². The quantitative estimate of drug-likeness (QED) is 0.702. The van der Waals surface area contributed by atoms with Crippen molar-refractivity contribution in [1.82, 2.24) is 9.80 Å². The van der Waals surface area contributed by atoms with E-state index in [1.165, 1.54) is 7.11 Å². The maximum atomic E-state index is 12.1. The molecule has 0 bridgehead atoms. The van der Waals surface area contributed by atoms with E-state index in [-0.39, 0.29) is 12.0 Å². The Hall–Kier alpha value is -0.970. The first kappa shape index (κ1) is 14.1. The summed E-state index contributed by atoms with van der Waals surface area (Å²) in [6.07, 6.45) is -0.339. The van der Waals surface area contributed by atoms with Gasteiger partial charge in [0.05, 0.1) is 12.5 Å². The molecule has 0 aromatic rings. The zero-order valence-electron chi connectivity index (χ0n) is 10.5. The molecule has 17 heavy (non-hydrogen) atoms. The average molecular weight is 263 g/mol. The molecule has 0 aromatic heterocycles. The molecule has 1 aliphatic heterocycles. The number of piperazine rings is 1. The second-order valence-electron chi connectivity index (χ2n) is 4.77. The third-order valence-corrected chi connectivity index (χ3v) is 3.58. The van der Waals surface area contributed by atoms with Crippen LogP contribution in [0.25, 0.3) is 0 Å². The second-order valence-corrected chi connectivity index (χ2v) is 5.03. The van der Waals surface area contributed by atoms with E-state index < -0.39 is 5.41 Å². The van der Waals surface area contributed by atoms with Crippen molar-refractivity contribution < 1.29 is 14.3 Å². The van der Waals surface area contributed by atoms with Crippen molar-refractivity contribution in [1.29, 1.82) is 0 Å². The van der Waals surface area contributed by atoms with Crippen molar-refractivity contribution in [3.63, 3.8) is 0 Å². The van der Waals surface area contributed by atoms with Gasteiger partial charge >= 0.3 is 6.09 Å². The third-order valence-electron chi connectivity index (χ3n) is 2.91. The number of alkyl halides is 1. The van der Waals surface area contributed by atoms with Crippen LogP contribution in [0.5, 0.6) is 0 Å². The molecule has 1 saturated heterocycles. The Morgan fingerprint density at radius 3 is 2.06 bits per heavy atom. The standard InChI is InChI=1S/C11H19ClN2O3/c1-11(2,8-12)9(15)13-4-6-14(7-5-13)10(16)17-3/h4-8H2,1-3H3. The molecule has 0 N–H and O–H groups in total. The predicted octanol–water partition coefficient (Wildman–Crippen LogP) is 1.16. The molecular weight excluding hydrogens is 244 g/mol. The number of ether oxygens (including phenoxy) is 1. The van der Waals surface area contributed by atoms with Gasteiger partial charge in [0.15, 0.2) is 0 Å². The molecule has 0 aromatic carbocycles. The number of amides is 2. The Balaban J connectivity index is 2.52. The second kappa shape index (κ2) is 5.58. The molecule has 0 unspecified atom stereocenters. The smallest absolute Gasteiger partial charge is 0.409 e. The Labute approximate surface area is 107 Å². The maximum Gasteiger partial charge on any atom is 0.409 e. The van der Waals surface area contributed by atoms with E-state index in [4.69, 9.17) is 11.6 Å². The maximum absolute atomic E-state index is 12.1. The molecule has 5 nitrogen and oxygen atoms in total. The van der Waals surface area contributed by atoms with Gasteiger partial charge in [0.1, 0.15) is 0 Å². The normalized spacial score (nSPS) is 16.9. The molecule has 0 spiro atoms. The van der Waals surface area contributed by atoms with E-state index >= 15 is 0 Å². The summed E-state index contributed by atoms with van der Waals surface area (Å²) in [5.74, 6) is 0.334. The third kappa shape index (κ3) is 3.25. The number of methoxy groups -OCH3 is 1. The molecule has 1 fully saturated rings. The fourth-order valence-corrected chi connectivity index (χ4v) is 1.82. The molecular formula is C11H19ClN2O3. The van der Waals surface area contributed by atoms with Crippen molar-refractivity contribution >= 4 is 23.6 Å². The highest BCUT2D eigenvalue weighted by atomic mass is 35.5. The molecule has 1 aliphatic rings. The van der Waals surface area contributed by atoms with Gasteiger partial charge in [-0.2, -0.15) is 0 Å². The monoisotopic (exact) mass is 262 g/mol. The first-order valence-corrected chi connectivity index (χ1v) is 6.14. The number of carbonyl (C=O) groups excluding carboxylic acids is 2. The highest BCUT2D eigenvalue weighted by Crippen LogP contribution is 2.21. The topological polar surface area (TPSA) is 49.9 Å². The van der Waals surface area contributed by atoms with Crippen LogP contribution < -0.4 is 0 Å². The van der Waals surface area contributed by atoms with Gasteiger partial charge in [0.25, 0.3) is 0 Å². The molecule has 1 rings (SSSR count). The Morgan fingerprint density at radius 2 is 1.65 bits per heavy atom. The van der Waals surface area contributed by atoms with Gasteiger partial charge in [-0.05, 0) is 13.8 Å². The van der Waals surface area contributed by atoms with Gasteiger partial charge in [0.2, 0.25) is 5.91 Å². The van der Waals surface area contributed by atoms with Crippen LogP contribution in [-0.4, -0.2) is 61.0 Å². The van der Waals surface area contributed by atoms with Gasteiger partial charge in [0, 0.05) is 32.1 Å². The van der Waals surface area contributed by atoms with Crippen molar-refractivity contribution in [2.45, 2.75) is 13.8 Å². The summed E-state index contributed by atoms with van der Waals surface area (Å²) in [5.41, 5.74) is -0.547. The molecule has 0 saturated carbocycles. The number of hydrogen-bond acceptors (Lipinski definition) is 3. The van der Waals surface area contributed by atoms with E-state index in [9.17, 15) is 9.59 Å². The summed E-state index contributed by atoms with van der Waals surface area (Å²) in [4.78, 5) is 26.7. The number of carbonyl (C=O) groups is 2. The van der Waals surface area contributed by atoms with Crippen molar-refractivity contribution in [3.8, 4) is 0 Å². The van der Waals surface area contributed by atoms with Gasteiger partial charge in [-0.3, -0.25) is 4.79 Å². The van der Waals surface area contributed by atoms with Crippen LogP contribution in [0, 0.1) is 5.41 Å². The van der Waals surface area contributed by atoms with E-state index in [0.29, 0.717) is 32.1 Å². The zero-order valence-corrected chi connectivity index (χ0v) is 11.3. The lowest BCUT2D eigenvalue weighted by atomic mass is 9.94. The minimum atomic E-state index is -0.547. The van der Waals surface area contributed by atoms with Gasteiger partial charge < -0.3 is 14.5 Å². The number of rotatable bonds is 2. The van der Waals surface area contributed by atoms with E-state index in [1.807, 2.05) is 13.8 Å².